The molecule has 3 rings (SSSR count). The van der Waals surface area contributed by atoms with Crippen molar-refractivity contribution in [1.29, 1.82) is 0 Å². The molecule has 1 aromatic heterocycles. The van der Waals surface area contributed by atoms with E-state index in [0.29, 0.717) is 10.9 Å². The summed E-state index contributed by atoms with van der Waals surface area (Å²) in [7, 11) is 0. The summed E-state index contributed by atoms with van der Waals surface area (Å²) in [4.78, 5) is 38.9. The standard InChI is InChI=1S/C17H16N4O6/c18-16(27)10-3-4-19-17-9(20-14(24)1-2-15(25)26)5-8-6-12(22)13(23)7-11(8)21(10)17/h5-7H,1-4,18H2,(H3,20,22,24,25,26,27)/p+1. The van der Waals surface area contributed by atoms with Crippen LogP contribution in [0.3, 0.4) is 0 Å². The van der Waals surface area contributed by atoms with Crippen molar-refractivity contribution in [2.24, 2.45) is 10.7 Å². The van der Waals surface area contributed by atoms with Crippen molar-refractivity contribution in [3.8, 4) is 11.5 Å². The summed E-state index contributed by atoms with van der Waals surface area (Å²) in [5, 5.41) is 31.3. The van der Waals surface area contributed by atoms with Crippen LogP contribution in [0.2, 0.25) is 0 Å². The fourth-order valence-electron chi connectivity index (χ4n) is 2.91. The molecule has 0 unspecified atom stereocenters. The number of hydrogen-bond donors (Lipinski definition) is 5. The molecule has 6 N–H and O–H groups in total. The number of carboxylic acids is 1. The molecule has 0 fully saturated rings. The molecule has 2 aromatic rings. The molecule has 10 nitrogen and oxygen atoms in total. The number of carboxylic acid groups (broad SMARTS) is 1. The van der Waals surface area contributed by atoms with Crippen LogP contribution in [0.4, 0.5) is 5.69 Å². The molecular weight excluding hydrogens is 356 g/mol. The average Bonchev–Trinajstić information content (AvgIpc) is 2.61. The van der Waals surface area contributed by atoms with Gasteiger partial charge in [0, 0.05) is 17.9 Å². The summed E-state index contributed by atoms with van der Waals surface area (Å²) in [5.41, 5.74) is 6.55. The maximum absolute atomic E-state index is 12.1. The van der Waals surface area contributed by atoms with Crippen LogP contribution in [0.15, 0.2) is 23.2 Å². The van der Waals surface area contributed by atoms with E-state index >= 15 is 0 Å². The number of benzene rings is 1. The van der Waals surface area contributed by atoms with Crippen molar-refractivity contribution in [1.82, 2.24) is 0 Å². The number of amides is 2. The van der Waals surface area contributed by atoms with Gasteiger partial charge in [0.1, 0.15) is 17.7 Å². The van der Waals surface area contributed by atoms with Crippen LogP contribution in [-0.4, -0.2) is 39.6 Å². The van der Waals surface area contributed by atoms with Crippen molar-refractivity contribution in [2.75, 3.05) is 11.9 Å². The first-order valence-corrected chi connectivity index (χ1v) is 8.08. The van der Waals surface area contributed by atoms with Crippen molar-refractivity contribution >= 4 is 34.4 Å². The molecule has 0 radical (unpaired) electrons. The molecule has 1 aromatic carbocycles. The van der Waals surface area contributed by atoms with E-state index in [1.165, 1.54) is 22.4 Å². The topological polar surface area (TPSA) is 168 Å². The second-order valence-electron chi connectivity index (χ2n) is 6.00. The Bertz CT molecular complexity index is 1110. The number of carbonyl (C=O) groups is 3. The van der Waals surface area contributed by atoms with E-state index in [9.17, 15) is 24.6 Å². The second kappa shape index (κ2) is 6.90. The van der Waals surface area contributed by atoms with E-state index in [2.05, 4.69) is 10.3 Å². The molecule has 1 aliphatic heterocycles. The van der Waals surface area contributed by atoms with Crippen LogP contribution in [-0.2, 0) is 14.4 Å². The minimum atomic E-state index is -1.10. The number of rotatable bonds is 5. The Morgan fingerprint density at radius 3 is 2.52 bits per heavy atom. The first-order chi connectivity index (χ1) is 12.8. The molecule has 1 aliphatic rings. The fraction of sp³-hybridized carbons (Fsp3) is 0.235. The van der Waals surface area contributed by atoms with Crippen molar-refractivity contribution in [2.45, 2.75) is 19.3 Å². The highest BCUT2D eigenvalue weighted by atomic mass is 16.4. The SMILES string of the molecule is NC(=O)C1=[n+]2c(c(NC(=O)CCC(=O)O)cc3cc(O)c(O)cc32)=NCC1. The third-order valence-corrected chi connectivity index (χ3v) is 4.12. The zero-order valence-electron chi connectivity index (χ0n) is 14.1. The summed E-state index contributed by atoms with van der Waals surface area (Å²) in [6, 6.07) is 4.07. The molecule has 0 spiro atoms. The number of phenols is 2. The third kappa shape index (κ3) is 3.50. The highest BCUT2D eigenvalue weighted by Crippen LogP contribution is 2.29. The molecule has 0 bridgehead atoms. The Morgan fingerprint density at radius 1 is 1.15 bits per heavy atom. The molecule has 0 atom stereocenters. The summed E-state index contributed by atoms with van der Waals surface area (Å²) in [6.45, 7) is 0.270. The lowest BCUT2D eigenvalue weighted by Gasteiger charge is -2.10. The molecule has 27 heavy (non-hydrogen) atoms. The summed E-state index contributed by atoms with van der Waals surface area (Å²) in [5.74, 6) is -3.08. The predicted octanol–water partition coefficient (Wildman–Crippen LogP) is -0.770. The second-order valence-corrected chi connectivity index (χ2v) is 6.00. The van der Waals surface area contributed by atoms with Crippen LogP contribution in [0.1, 0.15) is 19.3 Å². The number of primary amides is 1. The predicted molar refractivity (Wildman–Crippen MR) is 91.4 cm³/mol. The average molecular weight is 373 g/mol. The van der Waals surface area contributed by atoms with E-state index in [0.717, 1.165) is 0 Å². The number of phenolic OH excluding ortho intramolecular Hbond substituents is 2. The molecular formula is C17H17N4O6+. The molecule has 0 saturated heterocycles. The Hall–Kier alpha value is -3.69. The van der Waals surface area contributed by atoms with Gasteiger partial charge in [0.15, 0.2) is 17.2 Å². The van der Waals surface area contributed by atoms with Crippen molar-refractivity contribution < 1.29 is 33.9 Å². The number of anilines is 1. The van der Waals surface area contributed by atoms with Gasteiger partial charge in [-0.25, -0.2) is 0 Å². The maximum atomic E-state index is 12.1. The highest BCUT2D eigenvalue weighted by Gasteiger charge is 2.24. The van der Waals surface area contributed by atoms with Gasteiger partial charge in [0.05, 0.1) is 12.8 Å². The molecule has 140 valence electrons. The zero-order valence-corrected chi connectivity index (χ0v) is 14.1. The number of nitrogens with zero attached hydrogens (tertiary/aromatic N) is 2. The number of fused-ring (bicyclic) bond motifs is 3. The number of nitrogens with one attached hydrogen (secondary N) is 1. The van der Waals surface area contributed by atoms with Crippen molar-refractivity contribution in [3.05, 3.63) is 29.4 Å². The van der Waals surface area contributed by atoms with Gasteiger partial charge in [0.2, 0.25) is 5.91 Å². The number of carbonyl (C=O) groups excluding carboxylic acids is 2. The van der Waals surface area contributed by atoms with Crippen LogP contribution in [0.25, 0.3) is 10.9 Å². The molecule has 0 aliphatic carbocycles. The van der Waals surface area contributed by atoms with Gasteiger partial charge in [-0.2, -0.15) is 4.24 Å². The number of hydrogen-bond acceptors (Lipinski definition) is 6. The first-order valence-electron chi connectivity index (χ1n) is 8.08. The molecule has 2 heterocycles. The Kier molecular flexibility index (Phi) is 4.63. The summed E-state index contributed by atoms with van der Waals surface area (Å²) < 4.78 is 1.42. The van der Waals surface area contributed by atoms with E-state index in [1.807, 2.05) is 0 Å². The van der Waals surface area contributed by atoms with Gasteiger partial charge in [-0.05, 0) is 12.1 Å². The fourth-order valence-corrected chi connectivity index (χ4v) is 2.91. The minimum Gasteiger partial charge on any atom is -0.504 e. The van der Waals surface area contributed by atoms with E-state index in [-0.39, 0.29) is 54.2 Å². The summed E-state index contributed by atoms with van der Waals surface area (Å²) in [6.07, 6.45) is -0.306. The van der Waals surface area contributed by atoms with Crippen LogP contribution in [0, 0.1) is 5.71 Å². The highest BCUT2D eigenvalue weighted by molar-refractivity contribution is 5.94. The Labute approximate surface area is 151 Å². The monoisotopic (exact) mass is 373 g/mol. The molecule has 10 heteroatoms. The van der Waals surface area contributed by atoms with Gasteiger partial charge in [0.25, 0.3) is 5.91 Å². The lowest BCUT2D eigenvalue weighted by molar-refractivity contribution is -0.512. The van der Waals surface area contributed by atoms with Gasteiger partial charge < -0.3 is 26.4 Å². The molecule has 0 saturated carbocycles. The van der Waals surface area contributed by atoms with E-state index in [1.54, 1.807) is 0 Å². The quantitative estimate of drug-likeness (QED) is 0.340. The number of aliphatic carboxylic acids is 1. The van der Waals surface area contributed by atoms with Crippen LogP contribution < -0.4 is 20.8 Å². The van der Waals surface area contributed by atoms with Crippen LogP contribution >= 0.6 is 0 Å². The minimum absolute atomic E-state index is 0.219. The normalized spacial score (nSPS) is 13.0. The first kappa shape index (κ1) is 18.1. The van der Waals surface area contributed by atoms with Gasteiger partial charge in [-0.1, -0.05) is 4.99 Å². The number of nitrogens with two attached hydrogens (primary N) is 1. The lowest BCUT2D eigenvalue weighted by atomic mass is 10.1. The largest absolute Gasteiger partial charge is 0.504 e. The Morgan fingerprint density at radius 2 is 1.85 bits per heavy atom. The van der Waals surface area contributed by atoms with Gasteiger partial charge in [-0.3, -0.25) is 14.4 Å². The number of pyridine rings is 1. The van der Waals surface area contributed by atoms with E-state index in [4.69, 9.17) is 10.8 Å². The van der Waals surface area contributed by atoms with Gasteiger partial charge in [-0.15, -0.1) is 0 Å². The smallest absolute Gasteiger partial charge is 0.346 e. The summed E-state index contributed by atoms with van der Waals surface area (Å²) >= 11 is 0. The maximum Gasteiger partial charge on any atom is 0.346 e. The Balaban J connectivity index is 2.26. The van der Waals surface area contributed by atoms with Crippen molar-refractivity contribution in [3.63, 3.8) is 0 Å². The number of aromatic nitrogens is 1. The van der Waals surface area contributed by atoms with E-state index < -0.39 is 17.8 Å². The van der Waals surface area contributed by atoms with Gasteiger partial charge >= 0.3 is 11.5 Å². The molecule has 2 amide bonds. The van der Waals surface area contributed by atoms with Crippen LogP contribution in [0.5, 0.6) is 11.5 Å². The third-order valence-electron chi connectivity index (χ3n) is 4.12. The zero-order chi connectivity index (χ0) is 19.7. The number of aromatic hydroxyl groups is 2. The lowest BCUT2D eigenvalue weighted by Crippen LogP contribution is -2.49.